The van der Waals surface area contributed by atoms with E-state index in [0.29, 0.717) is 23.7 Å². The number of hydrogen-bond donors (Lipinski definition) is 2. The Morgan fingerprint density at radius 3 is 2.88 bits per heavy atom. The van der Waals surface area contributed by atoms with E-state index in [1.165, 1.54) is 0 Å². The zero-order chi connectivity index (χ0) is 12.4. The van der Waals surface area contributed by atoms with Crippen LogP contribution in [0.2, 0.25) is 0 Å². The number of carboxylic acid groups (broad SMARTS) is 1. The van der Waals surface area contributed by atoms with Gasteiger partial charge < -0.3 is 25.1 Å². The van der Waals surface area contributed by atoms with Gasteiger partial charge in [-0.25, -0.2) is 0 Å². The van der Waals surface area contributed by atoms with Crippen LogP contribution in [0, 0.1) is 0 Å². The molecule has 92 valence electrons. The molecule has 1 heterocycles. The van der Waals surface area contributed by atoms with Gasteiger partial charge in [0.1, 0.15) is 6.04 Å². The Kier molecular flexibility index (Phi) is 3.16. The van der Waals surface area contributed by atoms with Crippen LogP contribution in [-0.2, 0) is 16.1 Å². The molecule has 0 saturated carbocycles. The van der Waals surface area contributed by atoms with Crippen LogP contribution in [0.5, 0.6) is 11.5 Å². The van der Waals surface area contributed by atoms with Crippen LogP contribution in [-0.4, -0.2) is 25.0 Å². The first-order chi connectivity index (χ1) is 8.15. The molecular formula is C11H13NO5. The Balaban J connectivity index is 2.44. The molecule has 1 unspecified atom stereocenters. The second-order valence-electron chi connectivity index (χ2n) is 3.63. The number of carbonyl (C=O) groups is 1. The molecule has 1 atom stereocenters. The van der Waals surface area contributed by atoms with Crippen LogP contribution in [0.15, 0.2) is 12.1 Å². The standard InChI is InChI=1S/C11H13NO5/c1-15-4-6-2-3-7(8(12)11(13)14)10-9(6)16-5-17-10/h2-3,8H,4-5,12H2,1H3,(H,13,14). The maximum atomic E-state index is 10.9. The van der Waals surface area contributed by atoms with Crippen LogP contribution in [0.3, 0.4) is 0 Å². The van der Waals surface area contributed by atoms with Gasteiger partial charge in [0.25, 0.3) is 0 Å². The predicted molar refractivity (Wildman–Crippen MR) is 57.8 cm³/mol. The van der Waals surface area contributed by atoms with Gasteiger partial charge in [0.2, 0.25) is 6.79 Å². The van der Waals surface area contributed by atoms with E-state index >= 15 is 0 Å². The topological polar surface area (TPSA) is 91.0 Å². The van der Waals surface area contributed by atoms with Crippen molar-refractivity contribution in [3.05, 3.63) is 23.3 Å². The van der Waals surface area contributed by atoms with E-state index in [2.05, 4.69) is 0 Å². The molecule has 0 amide bonds. The Morgan fingerprint density at radius 1 is 1.53 bits per heavy atom. The van der Waals surface area contributed by atoms with Crippen LogP contribution in [0.4, 0.5) is 0 Å². The summed E-state index contributed by atoms with van der Waals surface area (Å²) in [5, 5.41) is 8.89. The van der Waals surface area contributed by atoms with Gasteiger partial charge in [-0.2, -0.15) is 0 Å². The van der Waals surface area contributed by atoms with Crippen LogP contribution in [0.25, 0.3) is 0 Å². The molecule has 3 N–H and O–H groups in total. The number of ether oxygens (including phenoxy) is 3. The number of fused-ring (bicyclic) bond motifs is 1. The summed E-state index contributed by atoms with van der Waals surface area (Å²) in [6.07, 6.45) is 0. The number of hydrogen-bond acceptors (Lipinski definition) is 5. The number of nitrogens with two attached hydrogens (primary N) is 1. The Morgan fingerprint density at radius 2 is 2.24 bits per heavy atom. The molecule has 2 rings (SSSR count). The second kappa shape index (κ2) is 4.60. The third-order valence-electron chi connectivity index (χ3n) is 2.53. The Bertz CT molecular complexity index is 446. The van der Waals surface area contributed by atoms with Crippen molar-refractivity contribution in [1.82, 2.24) is 0 Å². The van der Waals surface area contributed by atoms with E-state index in [9.17, 15) is 4.79 Å². The number of benzene rings is 1. The van der Waals surface area contributed by atoms with Gasteiger partial charge in [-0.15, -0.1) is 0 Å². The zero-order valence-electron chi connectivity index (χ0n) is 9.30. The van der Waals surface area contributed by atoms with Gasteiger partial charge >= 0.3 is 5.97 Å². The number of aliphatic carboxylic acids is 1. The van der Waals surface area contributed by atoms with Gasteiger partial charge in [-0.05, 0) is 0 Å². The highest BCUT2D eigenvalue weighted by Gasteiger charge is 2.27. The van der Waals surface area contributed by atoms with E-state index in [1.54, 1.807) is 19.2 Å². The van der Waals surface area contributed by atoms with Gasteiger partial charge in [0, 0.05) is 18.2 Å². The second-order valence-corrected chi connectivity index (χ2v) is 3.63. The predicted octanol–water partition coefficient (Wildman–Crippen LogP) is 0.646. The van der Waals surface area contributed by atoms with Crippen molar-refractivity contribution in [1.29, 1.82) is 0 Å². The number of carboxylic acids is 1. The largest absolute Gasteiger partial charge is 0.480 e. The number of methoxy groups -OCH3 is 1. The lowest BCUT2D eigenvalue weighted by atomic mass is 10.0. The molecule has 0 aliphatic carbocycles. The lowest BCUT2D eigenvalue weighted by molar-refractivity contribution is -0.138. The molecule has 1 aliphatic rings. The molecule has 6 nitrogen and oxygen atoms in total. The summed E-state index contributed by atoms with van der Waals surface area (Å²) in [5.74, 6) is -0.197. The highest BCUT2D eigenvalue weighted by molar-refractivity contribution is 5.77. The molecule has 1 aromatic carbocycles. The molecular weight excluding hydrogens is 226 g/mol. The Labute approximate surface area is 97.9 Å². The summed E-state index contributed by atoms with van der Waals surface area (Å²) in [6, 6.07) is 2.23. The van der Waals surface area contributed by atoms with Crippen molar-refractivity contribution < 1.29 is 24.1 Å². The number of rotatable bonds is 4. The van der Waals surface area contributed by atoms with Crippen LogP contribution < -0.4 is 15.2 Å². The summed E-state index contributed by atoms with van der Waals surface area (Å²) in [4.78, 5) is 10.9. The first kappa shape index (κ1) is 11.7. The minimum Gasteiger partial charge on any atom is -0.480 e. The third-order valence-corrected chi connectivity index (χ3v) is 2.53. The fourth-order valence-corrected chi connectivity index (χ4v) is 1.72. The van der Waals surface area contributed by atoms with Gasteiger partial charge in [-0.1, -0.05) is 12.1 Å². The molecule has 0 spiro atoms. The average molecular weight is 239 g/mol. The summed E-state index contributed by atoms with van der Waals surface area (Å²) in [6.45, 7) is 0.434. The SMILES string of the molecule is COCc1ccc(C(N)C(=O)O)c2c1OCO2. The van der Waals surface area contributed by atoms with Crippen LogP contribution in [0.1, 0.15) is 17.2 Å². The molecule has 0 aromatic heterocycles. The molecule has 0 radical (unpaired) electrons. The van der Waals surface area contributed by atoms with Gasteiger partial charge in [0.05, 0.1) is 6.61 Å². The Hall–Kier alpha value is -1.79. The minimum absolute atomic E-state index is 0.0649. The van der Waals surface area contributed by atoms with E-state index in [1.807, 2.05) is 0 Å². The highest BCUT2D eigenvalue weighted by Crippen LogP contribution is 2.41. The van der Waals surface area contributed by atoms with Gasteiger partial charge in [-0.3, -0.25) is 4.79 Å². The average Bonchev–Trinajstić information content (AvgIpc) is 2.78. The third kappa shape index (κ3) is 2.04. The summed E-state index contributed by atoms with van der Waals surface area (Å²) < 4.78 is 15.6. The van der Waals surface area contributed by atoms with Crippen molar-refractivity contribution in [3.8, 4) is 11.5 Å². The van der Waals surface area contributed by atoms with E-state index in [0.717, 1.165) is 5.56 Å². The van der Waals surface area contributed by atoms with E-state index < -0.39 is 12.0 Å². The van der Waals surface area contributed by atoms with Crippen LogP contribution >= 0.6 is 0 Å². The monoisotopic (exact) mass is 239 g/mol. The molecule has 1 aliphatic heterocycles. The maximum absolute atomic E-state index is 10.9. The molecule has 0 bridgehead atoms. The van der Waals surface area contributed by atoms with E-state index in [-0.39, 0.29) is 6.79 Å². The normalized spacial score (nSPS) is 14.7. The lowest BCUT2D eigenvalue weighted by Gasteiger charge is -2.12. The van der Waals surface area contributed by atoms with Crippen molar-refractivity contribution in [2.45, 2.75) is 12.6 Å². The smallest absolute Gasteiger partial charge is 0.325 e. The highest BCUT2D eigenvalue weighted by atomic mass is 16.7. The molecule has 0 saturated heterocycles. The quantitative estimate of drug-likeness (QED) is 0.801. The molecule has 1 aromatic rings. The van der Waals surface area contributed by atoms with Crippen molar-refractivity contribution >= 4 is 5.97 Å². The molecule has 6 heteroatoms. The van der Waals surface area contributed by atoms with Gasteiger partial charge in [0.15, 0.2) is 11.5 Å². The summed E-state index contributed by atoms with van der Waals surface area (Å²) >= 11 is 0. The lowest BCUT2D eigenvalue weighted by Crippen LogP contribution is -2.21. The fraction of sp³-hybridized carbons (Fsp3) is 0.364. The fourth-order valence-electron chi connectivity index (χ4n) is 1.72. The zero-order valence-corrected chi connectivity index (χ0v) is 9.30. The first-order valence-corrected chi connectivity index (χ1v) is 5.04. The first-order valence-electron chi connectivity index (χ1n) is 5.04. The van der Waals surface area contributed by atoms with Crippen molar-refractivity contribution in [3.63, 3.8) is 0 Å². The van der Waals surface area contributed by atoms with Crippen molar-refractivity contribution in [2.75, 3.05) is 13.9 Å². The minimum atomic E-state index is -1.12. The maximum Gasteiger partial charge on any atom is 0.325 e. The summed E-state index contributed by atoms with van der Waals surface area (Å²) in [7, 11) is 1.57. The summed E-state index contributed by atoms with van der Waals surface area (Å²) in [5.41, 5.74) is 6.78. The van der Waals surface area contributed by atoms with E-state index in [4.69, 9.17) is 25.1 Å². The molecule has 17 heavy (non-hydrogen) atoms. The van der Waals surface area contributed by atoms with Crippen molar-refractivity contribution in [2.24, 2.45) is 5.73 Å². The molecule has 0 fully saturated rings.